The number of hydrogen-bond acceptors (Lipinski definition) is 4. The number of nitrogens with one attached hydrogen (secondary N) is 1. The second-order valence-corrected chi connectivity index (χ2v) is 9.30. The maximum absolute atomic E-state index is 12.8. The molecule has 0 bridgehead atoms. The van der Waals surface area contributed by atoms with Crippen molar-refractivity contribution in [3.05, 3.63) is 53.1 Å². The molecule has 1 aliphatic rings. The van der Waals surface area contributed by atoms with E-state index >= 15 is 0 Å². The lowest BCUT2D eigenvalue weighted by Crippen LogP contribution is -2.18. The first-order chi connectivity index (χ1) is 15.0. The molecule has 31 heavy (non-hydrogen) atoms. The van der Waals surface area contributed by atoms with Crippen LogP contribution in [0.5, 0.6) is 0 Å². The Morgan fingerprint density at radius 3 is 2.45 bits per heavy atom. The smallest absolute Gasteiger partial charge is 0.234 e. The SMILES string of the molecule is Cc1nn(-c2ccccc2)c(C)c1NC(=O)CSc1nc(C)c(C)n1C1CCCCC1. The molecule has 1 saturated carbocycles. The molecule has 1 aliphatic carbocycles. The Bertz CT molecular complexity index is 1060. The minimum Gasteiger partial charge on any atom is -0.322 e. The van der Waals surface area contributed by atoms with Gasteiger partial charge in [0.15, 0.2) is 5.16 Å². The second kappa shape index (κ2) is 9.30. The van der Waals surface area contributed by atoms with Gasteiger partial charge in [-0.25, -0.2) is 9.67 Å². The number of thioether (sulfide) groups is 1. The number of carbonyl (C=O) groups is 1. The number of anilines is 1. The van der Waals surface area contributed by atoms with Gasteiger partial charge < -0.3 is 9.88 Å². The number of benzene rings is 1. The first-order valence-electron chi connectivity index (χ1n) is 11.1. The zero-order chi connectivity index (χ0) is 22.0. The van der Waals surface area contributed by atoms with Crippen molar-refractivity contribution in [3.8, 4) is 5.69 Å². The molecule has 1 amide bonds. The summed E-state index contributed by atoms with van der Waals surface area (Å²) in [5, 5.41) is 8.66. The van der Waals surface area contributed by atoms with Gasteiger partial charge >= 0.3 is 0 Å². The van der Waals surface area contributed by atoms with Gasteiger partial charge in [-0.05, 0) is 52.7 Å². The number of imidazole rings is 1. The Hall–Kier alpha value is -2.54. The van der Waals surface area contributed by atoms with Crippen LogP contribution in [0.3, 0.4) is 0 Å². The monoisotopic (exact) mass is 437 g/mol. The summed E-state index contributed by atoms with van der Waals surface area (Å²) < 4.78 is 4.25. The van der Waals surface area contributed by atoms with Crippen molar-refractivity contribution >= 4 is 23.4 Å². The number of hydrogen-bond donors (Lipinski definition) is 1. The van der Waals surface area contributed by atoms with Crippen LogP contribution in [0.2, 0.25) is 0 Å². The fourth-order valence-electron chi connectivity index (χ4n) is 4.42. The number of aromatic nitrogens is 4. The van der Waals surface area contributed by atoms with Crippen LogP contribution in [-0.4, -0.2) is 31.0 Å². The topological polar surface area (TPSA) is 64.7 Å². The van der Waals surface area contributed by atoms with Crippen molar-refractivity contribution in [2.45, 2.75) is 71.0 Å². The zero-order valence-electron chi connectivity index (χ0n) is 18.8. The van der Waals surface area contributed by atoms with E-state index in [9.17, 15) is 4.79 Å². The van der Waals surface area contributed by atoms with Gasteiger partial charge in [-0.1, -0.05) is 49.2 Å². The van der Waals surface area contributed by atoms with E-state index in [2.05, 4.69) is 28.8 Å². The Morgan fingerprint density at radius 2 is 1.74 bits per heavy atom. The van der Waals surface area contributed by atoms with Crippen molar-refractivity contribution in [1.82, 2.24) is 19.3 Å². The van der Waals surface area contributed by atoms with Crippen LogP contribution in [0.25, 0.3) is 5.69 Å². The number of amides is 1. The fraction of sp³-hybridized carbons (Fsp3) is 0.458. The molecule has 3 aromatic rings. The van der Waals surface area contributed by atoms with E-state index in [1.807, 2.05) is 48.9 Å². The van der Waals surface area contributed by atoms with Gasteiger partial charge in [0.2, 0.25) is 5.91 Å². The van der Waals surface area contributed by atoms with Gasteiger partial charge in [0.05, 0.1) is 34.2 Å². The van der Waals surface area contributed by atoms with Crippen LogP contribution in [0, 0.1) is 27.7 Å². The molecule has 0 atom stereocenters. The van der Waals surface area contributed by atoms with Crippen molar-refractivity contribution in [3.63, 3.8) is 0 Å². The average molecular weight is 438 g/mol. The van der Waals surface area contributed by atoms with Crippen LogP contribution in [0.4, 0.5) is 5.69 Å². The van der Waals surface area contributed by atoms with Gasteiger partial charge in [-0.15, -0.1) is 0 Å². The van der Waals surface area contributed by atoms with Gasteiger partial charge in [-0.3, -0.25) is 4.79 Å². The second-order valence-electron chi connectivity index (χ2n) is 8.36. The van der Waals surface area contributed by atoms with Crippen molar-refractivity contribution < 1.29 is 4.79 Å². The Labute approximate surface area is 188 Å². The molecule has 164 valence electrons. The molecule has 2 aromatic heterocycles. The standard InChI is InChI=1S/C24H31N5OS/c1-16-18(3)28(20-11-7-5-8-12-20)24(25-16)31-15-22(30)26-23-17(2)27-29(19(23)4)21-13-9-6-10-14-21/h6,9-10,13-14,20H,5,7-8,11-12,15H2,1-4H3,(H,26,30). The highest BCUT2D eigenvalue weighted by Gasteiger charge is 2.23. The molecule has 0 aliphatic heterocycles. The summed E-state index contributed by atoms with van der Waals surface area (Å²) >= 11 is 1.53. The molecule has 0 radical (unpaired) electrons. The lowest BCUT2D eigenvalue weighted by molar-refractivity contribution is -0.113. The Kier molecular flexibility index (Phi) is 6.51. The Balaban J connectivity index is 1.46. The third-order valence-corrected chi connectivity index (χ3v) is 7.14. The van der Waals surface area contributed by atoms with E-state index in [-0.39, 0.29) is 5.91 Å². The predicted molar refractivity (Wildman–Crippen MR) is 126 cm³/mol. The van der Waals surface area contributed by atoms with E-state index in [0.717, 1.165) is 33.6 Å². The highest BCUT2D eigenvalue weighted by atomic mass is 32.2. The summed E-state index contributed by atoms with van der Waals surface area (Å²) in [5.41, 5.74) is 5.80. The molecular formula is C24H31N5OS. The van der Waals surface area contributed by atoms with Gasteiger partial charge in [0.1, 0.15) is 0 Å². The third-order valence-electron chi connectivity index (χ3n) is 6.18. The van der Waals surface area contributed by atoms with E-state index < -0.39 is 0 Å². The fourth-order valence-corrected chi connectivity index (χ4v) is 5.38. The molecular weight excluding hydrogens is 406 g/mol. The predicted octanol–water partition coefficient (Wildman–Crippen LogP) is 5.54. The third kappa shape index (κ3) is 4.56. The maximum Gasteiger partial charge on any atom is 0.234 e. The molecule has 0 unspecified atom stereocenters. The number of rotatable bonds is 6. The summed E-state index contributed by atoms with van der Waals surface area (Å²) in [6, 6.07) is 10.5. The number of nitrogens with zero attached hydrogens (tertiary/aromatic N) is 4. The zero-order valence-corrected chi connectivity index (χ0v) is 19.6. The quantitative estimate of drug-likeness (QED) is 0.514. The van der Waals surface area contributed by atoms with Crippen molar-refractivity contribution in [2.75, 3.05) is 11.1 Å². The van der Waals surface area contributed by atoms with Crippen LogP contribution in [0.15, 0.2) is 35.5 Å². The first kappa shape index (κ1) is 21.7. The molecule has 4 rings (SSSR count). The molecule has 1 fully saturated rings. The first-order valence-corrected chi connectivity index (χ1v) is 12.0. The minimum absolute atomic E-state index is 0.0303. The molecule has 0 saturated heterocycles. The molecule has 0 spiro atoms. The molecule has 6 nitrogen and oxygen atoms in total. The van der Waals surface area contributed by atoms with Gasteiger partial charge in [0, 0.05) is 11.7 Å². The van der Waals surface area contributed by atoms with Crippen LogP contribution < -0.4 is 5.32 Å². The molecule has 7 heteroatoms. The molecule has 1 N–H and O–H groups in total. The Morgan fingerprint density at radius 1 is 1.03 bits per heavy atom. The van der Waals surface area contributed by atoms with Gasteiger partial charge in [0.25, 0.3) is 0 Å². The van der Waals surface area contributed by atoms with Crippen LogP contribution in [-0.2, 0) is 4.79 Å². The lowest BCUT2D eigenvalue weighted by atomic mass is 9.95. The minimum atomic E-state index is -0.0303. The normalized spacial score (nSPS) is 14.7. The number of aryl methyl sites for hydroxylation is 2. The van der Waals surface area contributed by atoms with E-state index in [0.29, 0.717) is 11.8 Å². The summed E-state index contributed by atoms with van der Waals surface area (Å²) in [7, 11) is 0. The summed E-state index contributed by atoms with van der Waals surface area (Å²) in [6.07, 6.45) is 6.27. The maximum atomic E-state index is 12.8. The highest BCUT2D eigenvalue weighted by Crippen LogP contribution is 2.34. The van der Waals surface area contributed by atoms with Crippen molar-refractivity contribution in [2.24, 2.45) is 0 Å². The highest BCUT2D eigenvalue weighted by molar-refractivity contribution is 7.99. The summed E-state index contributed by atoms with van der Waals surface area (Å²) in [6.45, 7) is 8.12. The summed E-state index contributed by atoms with van der Waals surface area (Å²) in [4.78, 5) is 17.6. The van der Waals surface area contributed by atoms with Crippen LogP contribution >= 0.6 is 11.8 Å². The van der Waals surface area contributed by atoms with E-state index in [4.69, 9.17) is 4.98 Å². The molecule has 1 aromatic carbocycles. The lowest BCUT2D eigenvalue weighted by Gasteiger charge is -2.26. The average Bonchev–Trinajstić information content (AvgIpc) is 3.23. The molecule has 2 heterocycles. The van der Waals surface area contributed by atoms with Crippen molar-refractivity contribution in [1.29, 1.82) is 0 Å². The largest absolute Gasteiger partial charge is 0.322 e. The number of para-hydroxylation sites is 1. The van der Waals surface area contributed by atoms with E-state index in [1.54, 1.807) is 0 Å². The summed E-state index contributed by atoms with van der Waals surface area (Å²) in [5.74, 6) is 0.301. The van der Waals surface area contributed by atoms with E-state index in [1.165, 1.54) is 49.6 Å². The van der Waals surface area contributed by atoms with Gasteiger partial charge in [-0.2, -0.15) is 5.10 Å². The van der Waals surface area contributed by atoms with Crippen LogP contribution in [0.1, 0.15) is 60.9 Å². The number of carbonyl (C=O) groups excluding carboxylic acids is 1.